The molecule has 1 saturated carbocycles. The number of nitrogens with one attached hydrogen (secondary N) is 2. The fraction of sp³-hybridized carbons (Fsp3) is 0.529. The number of pyridine rings is 1. The Morgan fingerprint density at radius 3 is 2.88 bits per heavy atom. The molecule has 7 nitrogen and oxygen atoms in total. The molecule has 1 aliphatic carbocycles. The number of fused-ring (bicyclic) bond motifs is 4. The molecule has 2 fully saturated rings. The fourth-order valence-corrected chi connectivity index (χ4v) is 4.99. The molecule has 8 heteroatoms. The molecule has 0 aromatic carbocycles. The molecule has 4 heterocycles. The molecule has 0 bridgehead atoms. The van der Waals surface area contributed by atoms with Gasteiger partial charge in [0.05, 0.1) is 5.60 Å². The minimum atomic E-state index is -0.903. The first-order valence-corrected chi connectivity index (χ1v) is 8.85. The average Bonchev–Trinajstić information content (AvgIpc) is 3.16. The third kappa shape index (κ3) is 2.01. The van der Waals surface area contributed by atoms with E-state index in [4.69, 9.17) is 4.65 Å². The number of nitrogens with zero attached hydrogens (tertiary/aromatic N) is 2. The molecular formula is C17H21BN4O3. The van der Waals surface area contributed by atoms with E-state index in [1.54, 1.807) is 13.2 Å². The van der Waals surface area contributed by atoms with Gasteiger partial charge in [0.2, 0.25) is 0 Å². The molecule has 5 rings (SSSR count). The highest BCUT2D eigenvalue weighted by Gasteiger charge is 2.55. The average molecular weight is 340 g/mol. The summed E-state index contributed by atoms with van der Waals surface area (Å²) in [5, 5.41) is 14.1. The number of likely N-dealkylation sites (tertiary alicyclic amines) is 1. The number of aromatic amines is 1. The predicted molar refractivity (Wildman–Crippen MR) is 93.4 cm³/mol. The van der Waals surface area contributed by atoms with Crippen LogP contribution in [0.2, 0.25) is 0 Å². The molecule has 2 aromatic heterocycles. The van der Waals surface area contributed by atoms with Crippen molar-refractivity contribution in [1.29, 1.82) is 0 Å². The van der Waals surface area contributed by atoms with Crippen LogP contribution in [-0.4, -0.2) is 53.2 Å². The largest absolute Gasteiger partial charge is 0.493 e. The zero-order valence-electron chi connectivity index (χ0n) is 14.2. The van der Waals surface area contributed by atoms with Crippen LogP contribution in [0.1, 0.15) is 31.2 Å². The van der Waals surface area contributed by atoms with Crippen molar-refractivity contribution in [3.05, 3.63) is 24.0 Å². The Morgan fingerprint density at radius 2 is 2.16 bits per heavy atom. The van der Waals surface area contributed by atoms with Crippen molar-refractivity contribution in [2.45, 2.75) is 31.3 Å². The second-order valence-corrected chi connectivity index (χ2v) is 7.70. The van der Waals surface area contributed by atoms with Gasteiger partial charge in [-0.2, -0.15) is 0 Å². The summed E-state index contributed by atoms with van der Waals surface area (Å²) >= 11 is 0. The number of aromatic nitrogens is 2. The lowest BCUT2D eigenvalue weighted by molar-refractivity contribution is -0.0699. The molecule has 1 saturated heterocycles. The molecule has 2 aliphatic heterocycles. The number of carbonyl (C=O) groups is 1. The van der Waals surface area contributed by atoms with Gasteiger partial charge in [-0.25, -0.2) is 9.78 Å². The first-order chi connectivity index (χ1) is 12.1. The van der Waals surface area contributed by atoms with E-state index < -0.39 is 12.7 Å². The van der Waals surface area contributed by atoms with Crippen molar-refractivity contribution in [2.75, 3.05) is 20.1 Å². The van der Waals surface area contributed by atoms with Gasteiger partial charge >= 0.3 is 13.1 Å². The van der Waals surface area contributed by atoms with E-state index >= 15 is 0 Å². The number of hydrogen-bond donors (Lipinski definition) is 3. The van der Waals surface area contributed by atoms with Gasteiger partial charge in [0.25, 0.3) is 0 Å². The third-order valence-corrected chi connectivity index (χ3v) is 6.35. The summed E-state index contributed by atoms with van der Waals surface area (Å²) in [7, 11) is 0.768. The molecule has 0 radical (unpaired) electrons. The number of urea groups is 1. The molecule has 3 N–H and O–H groups in total. The lowest BCUT2D eigenvalue weighted by Gasteiger charge is -2.55. The minimum Gasteiger partial charge on any atom is -0.423 e. The monoisotopic (exact) mass is 340 g/mol. The number of H-pyrrole nitrogens is 1. The van der Waals surface area contributed by atoms with Crippen molar-refractivity contribution < 1.29 is 14.5 Å². The topological polar surface area (TPSA) is 90.5 Å². The SMILES string of the molecule is CNC(=O)N1CC2(CCC3(CC2)OB(O)c2cnc4[nH]ccc4c23)C1. The summed E-state index contributed by atoms with van der Waals surface area (Å²) < 4.78 is 6.10. The first kappa shape index (κ1) is 15.2. The zero-order chi connectivity index (χ0) is 17.2. The highest BCUT2D eigenvalue weighted by Crippen LogP contribution is 2.53. The highest BCUT2D eigenvalue weighted by atomic mass is 16.5. The Bertz CT molecular complexity index is 851. The van der Waals surface area contributed by atoms with Gasteiger partial charge < -0.3 is 24.9 Å². The van der Waals surface area contributed by atoms with Crippen molar-refractivity contribution >= 4 is 29.6 Å². The van der Waals surface area contributed by atoms with Gasteiger partial charge in [-0.05, 0) is 37.3 Å². The Hall–Kier alpha value is -2.06. The molecule has 25 heavy (non-hydrogen) atoms. The van der Waals surface area contributed by atoms with Gasteiger partial charge in [-0.3, -0.25) is 0 Å². The normalized spacial score (nSPS) is 23.1. The predicted octanol–water partition coefficient (Wildman–Crippen LogP) is 0.691. The molecule has 0 unspecified atom stereocenters. The van der Waals surface area contributed by atoms with Crippen molar-refractivity contribution in [3.8, 4) is 0 Å². The number of hydrogen-bond acceptors (Lipinski definition) is 4. The van der Waals surface area contributed by atoms with Gasteiger partial charge in [-0.1, -0.05) is 0 Å². The molecule has 2 aromatic rings. The van der Waals surface area contributed by atoms with E-state index in [-0.39, 0.29) is 11.4 Å². The van der Waals surface area contributed by atoms with Gasteiger partial charge in [-0.15, -0.1) is 0 Å². The Kier molecular flexibility index (Phi) is 3.03. The quantitative estimate of drug-likeness (QED) is 0.616. The van der Waals surface area contributed by atoms with E-state index in [1.807, 2.05) is 17.2 Å². The third-order valence-electron chi connectivity index (χ3n) is 6.35. The second kappa shape index (κ2) is 4.99. The van der Waals surface area contributed by atoms with Gasteiger partial charge in [0, 0.05) is 48.8 Å². The number of amides is 2. The van der Waals surface area contributed by atoms with Crippen LogP contribution in [-0.2, 0) is 10.3 Å². The van der Waals surface area contributed by atoms with Crippen LogP contribution in [0, 0.1) is 5.41 Å². The number of rotatable bonds is 0. The maximum absolute atomic E-state index is 11.7. The van der Waals surface area contributed by atoms with E-state index in [2.05, 4.69) is 15.3 Å². The van der Waals surface area contributed by atoms with Crippen LogP contribution in [0.4, 0.5) is 4.79 Å². The lowest BCUT2D eigenvalue weighted by atomic mass is 9.63. The molecular weight excluding hydrogens is 319 g/mol. The maximum Gasteiger partial charge on any atom is 0.493 e. The second-order valence-electron chi connectivity index (χ2n) is 7.70. The fourth-order valence-electron chi connectivity index (χ4n) is 4.99. The summed E-state index contributed by atoms with van der Waals surface area (Å²) in [5.74, 6) is 0. The summed E-state index contributed by atoms with van der Waals surface area (Å²) in [6.07, 6.45) is 7.34. The van der Waals surface area contributed by atoms with Crippen molar-refractivity contribution in [2.24, 2.45) is 5.41 Å². The van der Waals surface area contributed by atoms with Crippen LogP contribution in [0.25, 0.3) is 11.0 Å². The zero-order valence-corrected chi connectivity index (χ0v) is 14.2. The Balaban J connectivity index is 1.43. The van der Waals surface area contributed by atoms with Crippen LogP contribution in [0.15, 0.2) is 18.5 Å². The smallest absolute Gasteiger partial charge is 0.423 e. The van der Waals surface area contributed by atoms with E-state index in [0.29, 0.717) is 0 Å². The van der Waals surface area contributed by atoms with Gasteiger partial charge in [0.1, 0.15) is 5.65 Å². The van der Waals surface area contributed by atoms with Crippen molar-refractivity contribution in [3.63, 3.8) is 0 Å². The highest BCUT2D eigenvalue weighted by molar-refractivity contribution is 6.62. The van der Waals surface area contributed by atoms with Crippen LogP contribution in [0.5, 0.6) is 0 Å². The van der Waals surface area contributed by atoms with E-state index in [0.717, 1.165) is 60.8 Å². The van der Waals surface area contributed by atoms with E-state index in [9.17, 15) is 9.82 Å². The van der Waals surface area contributed by atoms with Crippen LogP contribution in [0.3, 0.4) is 0 Å². The molecule has 0 atom stereocenters. The minimum absolute atomic E-state index is 0.00361. The Morgan fingerprint density at radius 1 is 1.40 bits per heavy atom. The van der Waals surface area contributed by atoms with Crippen LogP contribution < -0.4 is 10.8 Å². The van der Waals surface area contributed by atoms with E-state index in [1.165, 1.54) is 0 Å². The number of carbonyl (C=O) groups excluding carboxylic acids is 1. The van der Waals surface area contributed by atoms with Crippen LogP contribution >= 0.6 is 0 Å². The summed E-state index contributed by atoms with van der Waals surface area (Å²) in [6.45, 7) is 1.63. The lowest BCUT2D eigenvalue weighted by Crippen LogP contribution is -2.62. The first-order valence-electron chi connectivity index (χ1n) is 8.85. The summed E-state index contributed by atoms with van der Waals surface area (Å²) in [5.41, 5.74) is 2.51. The van der Waals surface area contributed by atoms with Crippen molar-refractivity contribution in [1.82, 2.24) is 20.2 Å². The molecule has 130 valence electrons. The summed E-state index contributed by atoms with van der Waals surface area (Å²) in [4.78, 5) is 21.1. The maximum atomic E-state index is 11.7. The molecule has 3 aliphatic rings. The molecule has 2 spiro atoms. The summed E-state index contributed by atoms with van der Waals surface area (Å²) in [6, 6.07) is 2.02. The Labute approximate surface area is 145 Å². The van der Waals surface area contributed by atoms with Gasteiger partial charge in [0.15, 0.2) is 0 Å². The standard InChI is InChI=1S/C17H21BN4O3/c1-19-15(23)22-9-16(10-22)3-5-17(6-4-16)13-11-2-7-20-14(11)21-8-12(13)18(24)25-17/h2,7-8,24H,3-6,9-10H2,1H3,(H,19,23)(H,20,21). The molecule has 2 amide bonds.